The lowest BCUT2D eigenvalue weighted by Crippen LogP contribution is -2.14. The molecule has 0 heterocycles. The number of carboxylic acid groups (broad SMARTS) is 1. The highest BCUT2D eigenvalue weighted by molar-refractivity contribution is 5.85. The second-order valence-electron chi connectivity index (χ2n) is 4.10. The summed E-state index contributed by atoms with van der Waals surface area (Å²) in [6.07, 6.45) is 2.06. The molecular weight excluding hydrogens is 251 g/mol. The first-order valence-corrected chi connectivity index (χ1v) is 5.83. The Morgan fingerprint density at radius 2 is 2.26 bits per heavy atom. The predicted octanol–water partition coefficient (Wildman–Crippen LogP) is 2.48. The third-order valence-corrected chi connectivity index (χ3v) is 2.40. The topological polar surface area (TPSA) is 55.8 Å². The molecule has 0 bridgehead atoms. The minimum atomic E-state index is -1.12. The molecule has 0 radical (unpaired) electrons. The smallest absolute Gasteiger partial charge is 0.328 e. The molecule has 1 aromatic carbocycles. The summed E-state index contributed by atoms with van der Waals surface area (Å²) in [4.78, 5) is 10.4. The van der Waals surface area contributed by atoms with Crippen LogP contribution in [0.25, 0.3) is 6.08 Å². The molecule has 0 amide bonds. The van der Waals surface area contributed by atoms with Gasteiger partial charge in [0, 0.05) is 18.7 Å². The van der Waals surface area contributed by atoms with Gasteiger partial charge in [0.25, 0.3) is 0 Å². The van der Waals surface area contributed by atoms with Gasteiger partial charge in [-0.1, -0.05) is 6.07 Å². The molecule has 0 aliphatic carbocycles. The van der Waals surface area contributed by atoms with Gasteiger partial charge >= 0.3 is 5.97 Å². The summed E-state index contributed by atoms with van der Waals surface area (Å²) in [5.41, 5.74) is 0.997. The Hall–Kier alpha value is -1.72. The molecular formula is C14H17FO4. The zero-order valence-corrected chi connectivity index (χ0v) is 10.9. The molecule has 0 aliphatic heterocycles. The SMILES string of the molecule is COCC(C)OCc1ccc(F)c(C=CC(=O)O)c1. The number of aliphatic carboxylic acids is 1. The molecule has 1 unspecified atom stereocenters. The van der Waals surface area contributed by atoms with E-state index < -0.39 is 11.8 Å². The number of hydrogen-bond acceptors (Lipinski definition) is 3. The van der Waals surface area contributed by atoms with Crippen LogP contribution in [0.15, 0.2) is 24.3 Å². The van der Waals surface area contributed by atoms with Gasteiger partial charge in [0.05, 0.1) is 19.3 Å². The van der Waals surface area contributed by atoms with Crippen molar-refractivity contribution in [2.24, 2.45) is 0 Å². The van der Waals surface area contributed by atoms with E-state index in [9.17, 15) is 9.18 Å². The Labute approximate surface area is 111 Å². The lowest BCUT2D eigenvalue weighted by atomic mass is 10.1. The fourth-order valence-corrected chi connectivity index (χ4v) is 1.49. The van der Waals surface area contributed by atoms with E-state index >= 15 is 0 Å². The Kier molecular flexibility index (Phi) is 6.18. The monoisotopic (exact) mass is 268 g/mol. The molecule has 0 saturated carbocycles. The van der Waals surface area contributed by atoms with Gasteiger partial charge in [-0.25, -0.2) is 9.18 Å². The lowest BCUT2D eigenvalue weighted by molar-refractivity contribution is -0.131. The summed E-state index contributed by atoms with van der Waals surface area (Å²) >= 11 is 0. The average molecular weight is 268 g/mol. The molecule has 0 spiro atoms. The number of halogens is 1. The van der Waals surface area contributed by atoms with E-state index in [0.717, 1.165) is 11.6 Å². The number of hydrogen-bond donors (Lipinski definition) is 1. The third kappa shape index (κ3) is 5.63. The zero-order chi connectivity index (χ0) is 14.3. The van der Waals surface area contributed by atoms with E-state index in [1.807, 2.05) is 6.92 Å². The van der Waals surface area contributed by atoms with Crippen molar-refractivity contribution in [3.8, 4) is 0 Å². The maximum absolute atomic E-state index is 13.4. The molecule has 0 fully saturated rings. The summed E-state index contributed by atoms with van der Waals surface area (Å²) in [6, 6.07) is 4.46. The van der Waals surface area contributed by atoms with Gasteiger partial charge in [-0.05, 0) is 30.7 Å². The predicted molar refractivity (Wildman–Crippen MR) is 69.2 cm³/mol. The van der Waals surface area contributed by atoms with Gasteiger partial charge in [-0.2, -0.15) is 0 Å². The van der Waals surface area contributed by atoms with E-state index in [1.165, 1.54) is 12.1 Å². The van der Waals surface area contributed by atoms with E-state index in [2.05, 4.69) is 0 Å². The molecule has 5 heteroatoms. The van der Waals surface area contributed by atoms with Crippen molar-refractivity contribution >= 4 is 12.0 Å². The van der Waals surface area contributed by atoms with E-state index in [4.69, 9.17) is 14.6 Å². The van der Waals surface area contributed by atoms with Crippen LogP contribution in [-0.2, 0) is 20.9 Å². The second-order valence-corrected chi connectivity index (χ2v) is 4.10. The fraction of sp³-hybridized carbons (Fsp3) is 0.357. The third-order valence-electron chi connectivity index (χ3n) is 2.40. The lowest BCUT2D eigenvalue weighted by Gasteiger charge is -2.12. The summed E-state index contributed by atoms with van der Waals surface area (Å²) < 4.78 is 23.9. The molecule has 1 N–H and O–H groups in total. The molecule has 19 heavy (non-hydrogen) atoms. The highest BCUT2D eigenvalue weighted by Crippen LogP contribution is 2.14. The van der Waals surface area contributed by atoms with E-state index in [1.54, 1.807) is 19.2 Å². The van der Waals surface area contributed by atoms with Gasteiger partial charge in [-0.3, -0.25) is 0 Å². The minimum Gasteiger partial charge on any atom is -0.478 e. The first kappa shape index (κ1) is 15.3. The average Bonchev–Trinajstić information content (AvgIpc) is 2.36. The van der Waals surface area contributed by atoms with Gasteiger partial charge < -0.3 is 14.6 Å². The summed E-state index contributed by atoms with van der Waals surface area (Å²) in [5, 5.41) is 8.52. The Morgan fingerprint density at radius 1 is 1.53 bits per heavy atom. The van der Waals surface area contributed by atoms with Crippen molar-refractivity contribution in [3.63, 3.8) is 0 Å². The van der Waals surface area contributed by atoms with Crippen molar-refractivity contribution in [2.75, 3.05) is 13.7 Å². The van der Waals surface area contributed by atoms with Crippen molar-refractivity contribution < 1.29 is 23.8 Å². The van der Waals surface area contributed by atoms with Crippen LogP contribution < -0.4 is 0 Å². The van der Waals surface area contributed by atoms with Crippen molar-refractivity contribution in [1.29, 1.82) is 0 Å². The Balaban J connectivity index is 2.70. The van der Waals surface area contributed by atoms with Crippen molar-refractivity contribution in [3.05, 3.63) is 41.2 Å². The van der Waals surface area contributed by atoms with Gasteiger partial charge in [0.1, 0.15) is 5.82 Å². The molecule has 1 aromatic rings. The number of ether oxygens (including phenoxy) is 2. The quantitative estimate of drug-likeness (QED) is 0.772. The maximum Gasteiger partial charge on any atom is 0.328 e. The fourth-order valence-electron chi connectivity index (χ4n) is 1.49. The molecule has 4 nitrogen and oxygen atoms in total. The minimum absolute atomic E-state index is 0.0620. The van der Waals surface area contributed by atoms with E-state index in [-0.39, 0.29) is 11.7 Å². The van der Waals surface area contributed by atoms with Crippen LogP contribution in [0.3, 0.4) is 0 Å². The Morgan fingerprint density at radius 3 is 2.89 bits per heavy atom. The first-order chi connectivity index (χ1) is 9.02. The molecule has 1 rings (SSSR count). The maximum atomic E-state index is 13.4. The van der Waals surface area contributed by atoms with Gasteiger partial charge in [0.2, 0.25) is 0 Å². The van der Waals surface area contributed by atoms with E-state index in [0.29, 0.717) is 13.2 Å². The zero-order valence-electron chi connectivity index (χ0n) is 10.9. The highest BCUT2D eigenvalue weighted by Gasteiger charge is 2.05. The largest absolute Gasteiger partial charge is 0.478 e. The normalized spacial score (nSPS) is 12.8. The van der Waals surface area contributed by atoms with Crippen LogP contribution in [-0.4, -0.2) is 30.9 Å². The number of benzene rings is 1. The summed E-state index contributed by atoms with van der Waals surface area (Å²) in [5.74, 6) is -1.58. The molecule has 1 atom stereocenters. The van der Waals surface area contributed by atoms with Crippen LogP contribution >= 0.6 is 0 Å². The molecule has 0 aliphatic rings. The number of carbonyl (C=O) groups is 1. The van der Waals surface area contributed by atoms with Crippen molar-refractivity contribution in [2.45, 2.75) is 19.6 Å². The van der Waals surface area contributed by atoms with Crippen LogP contribution in [0, 0.1) is 5.82 Å². The number of carboxylic acids is 1. The second kappa shape index (κ2) is 7.66. The van der Waals surface area contributed by atoms with Crippen molar-refractivity contribution in [1.82, 2.24) is 0 Å². The standard InChI is InChI=1S/C14H17FO4/c1-10(8-18-2)19-9-11-3-5-13(15)12(7-11)4-6-14(16)17/h3-7,10H,8-9H2,1-2H3,(H,16,17). The molecule has 0 saturated heterocycles. The molecule has 0 aromatic heterocycles. The van der Waals surface area contributed by atoms with Crippen LogP contribution in [0.4, 0.5) is 4.39 Å². The summed E-state index contributed by atoms with van der Waals surface area (Å²) in [6.45, 7) is 2.67. The summed E-state index contributed by atoms with van der Waals surface area (Å²) in [7, 11) is 1.59. The number of methoxy groups -OCH3 is 1. The van der Waals surface area contributed by atoms with Gasteiger partial charge in [0.15, 0.2) is 0 Å². The number of rotatable bonds is 7. The Bertz CT molecular complexity index is 457. The first-order valence-electron chi connectivity index (χ1n) is 5.83. The van der Waals surface area contributed by atoms with Crippen LogP contribution in [0.2, 0.25) is 0 Å². The van der Waals surface area contributed by atoms with Crippen LogP contribution in [0.1, 0.15) is 18.1 Å². The molecule has 104 valence electrons. The highest BCUT2D eigenvalue weighted by atomic mass is 19.1. The van der Waals surface area contributed by atoms with Gasteiger partial charge in [-0.15, -0.1) is 0 Å². The van der Waals surface area contributed by atoms with Crippen LogP contribution in [0.5, 0.6) is 0 Å².